The lowest BCUT2D eigenvalue weighted by atomic mass is 10.0. The van der Waals surface area contributed by atoms with E-state index in [1.54, 1.807) is 37.4 Å². The van der Waals surface area contributed by atoms with Crippen LogP contribution in [0.5, 0.6) is 11.5 Å². The highest BCUT2D eigenvalue weighted by molar-refractivity contribution is 5.96. The zero-order chi connectivity index (χ0) is 24.7. The number of carbonyl (C=O) groups is 2. The van der Waals surface area contributed by atoms with Gasteiger partial charge in [-0.2, -0.15) is 5.10 Å². The van der Waals surface area contributed by atoms with E-state index in [0.717, 1.165) is 11.1 Å². The van der Waals surface area contributed by atoms with Crippen molar-refractivity contribution >= 4 is 23.7 Å². The second kappa shape index (κ2) is 11.1. The Hall–Kier alpha value is -4.13. The number of hydrogen-bond acceptors (Lipinski definition) is 5. The Morgan fingerprint density at radius 2 is 1.62 bits per heavy atom. The zero-order valence-corrected chi connectivity index (χ0v) is 20.1. The second-order valence-electron chi connectivity index (χ2n) is 8.03. The molecule has 3 rings (SSSR count). The fraction of sp³-hybridized carbons (Fsp3) is 0.222. The van der Waals surface area contributed by atoms with E-state index in [9.17, 15) is 9.59 Å². The van der Waals surface area contributed by atoms with Gasteiger partial charge in [0.15, 0.2) is 11.5 Å². The molecule has 34 heavy (non-hydrogen) atoms. The second-order valence-corrected chi connectivity index (χ2v) is 8.03. The van der Waals surface area contributed by atoms with Crippen molar-refractivity contribution < 1.29 is 19.1 Å². The minimum absolute atomic E-state index is 0.172. The molecule has 7 heteroatoms. The van der Waals surface area contributed by atoms with Gasteiger partial charge in [0.05, 0.1) is 13.3 Å². The number of ether oxygens (including phenoxy) is 2. The number of methoxy groups -OCH3 is 1. The third-order valence-corrected chi connectivity index (χ3v) is 5.25. The van der Waals surface area contributed by atoms with Crippen molar-refractivity contribution in [3.63, 3.8) is 0 Å². The summed E-state index contributed by atoms with van der Waals surface area (Å²) in [4.78, 5) is 23.4. The number of anilines is 1. The normalized spacial score (nSPS) is 10.7. The predicted octanol–water partition coefficient (Wildman–Crippen LogP) is 4.92. The molecule has 0 radical (unpaired) electrons. The van der Waals surface area contributed by atoms with Gasteiger partial charge in [0.1, 0.15) is 6.61 Å². The smallest absolute Gasteiger partial charge is 0.271 e. The molecule has 7 nitrogen and oxygen atoms in total. The van der Waals surface area contributed by atoms with Gasteiger partial charge in [-0.3, -0.25) is 9.59 Å². The molecule has 0 fully saturated rings. The number of rotatable bonds is 8. The first kappa shape index (κ1) is 24.5. The van der Waals surface area contributed by atoms with Crippen molar-refractivity contribution in [1.82, 2.24) is 5.43 Å². The molecule has 0 bridgehead atoms. The average molecular weight is 460 g/mol. The van der Waals surface area contributed by atoms with E-state index < -0.39 is 0 Å². The molecule has 0 aromatic heterocycles. The maximum Gasteiger partial charge on any atom is 0.271 e. The summed E-state index contributed by atoms with van der Waals surface area (Å²) in [6.07, 6.45) is 1.53. The predicted molar refractivity (Wildman–Crippen MR) is 134 cm³/mol. The maximum atomic E-state index is 12.3. The van der Waals surface area contributed by atoms with E-state index in [0.29, 0.717) is 29.4 Å². The molecule has 2 amide bonds. The highest BCUT2D eigenvalue weighted by atomic mass is 16.5. The highest BCUT2D eigenvalue weighted by Gasteiger charge is 2.09. The molecule has 0 saturated heterocycles. The van der Waals surface area contributed by atoms with Crippen LogP contribution in [-0.2, 0) is 11.4 Å². The van der Waals surface area contributed by atoms with Crippen LogP contribution < -0.4 is 20.2 Å². The van der Waals surface area contributed by atoms with Crippen LogP contribution in [0.1, 0.15) is 45.1 Å². The summed E-state index contributed by atoms with van der Waals surface area (Å²) in [5.74, 6) is 0.670. The quantitative estimate of drug-likeness (QED) is 0.370. The van der Waals surface area contributed by atoms with Gasteiger partial charge in [-0.25, -0.2) is 5.43 Å². The Morgan fingerprint density at radius 1 is 0.941 bits per heavy atom. The van der Waals surface area contributed by atoms with Crippen molar-refractivity contribution in [1.29, 1.82) is 0 Å². The number of amides is 2. The lowest BCUT2D eigenvalue weighted by Crippen LogP contribution is -2.17. The summed E-state index contributed by atoms with van der Waals surface area (Å²) in [5.41, 5.74) is 9.06. The van der Waals surface area contributed by atoms with Crippen molar-refractivity contribution in [2.75, 3.05) is 12.4 Å². The van der Waals surface area contributed by atoms with Gasteiger partial charge in [0.25, 0.3) is 5.91 Å². The van der Waals surface area contributed by atoms with E-state index in [-0.39, 0.29) is 11.8 Å². The first-order valence-corrected chi connectivity index (χ1v) is 10.9. The van der Waals surface area contributed by atoms with E-state index in [2.05, 4.69) is 48.7 Å². The zero-order valence-electron chi connectivity index (χ0n) is 20.1. The lowest BCUT2D eigenvalue weighted by Gasteiger charge is -2.15. The summed E-state index contributed by atoms with van der Waals surface area (Å²) < 4.78 is 11.5. The molecule has 0 atom stereocenters. The number of nitrogens with zero attached hydrogens (tertiary/aromatic N) is 1. The number of aryl methyl sites for hydroxylation is 3. The van der Waals surface area contributed by atoms with Crippen LogP contribution in [0, 0.1) is 20.8 Å². The average Bonchev–Trinajstić information content (AvgIpc) is 2.79. The molecule has 0 saturated carbocycles. The Kier molecular flexibility index (Phi) is 8.03. The van der Waals surface area contributed by atoms with Gasteiger partial charge >= 0.3 is 0 Å². The molecular formula is C27H29N3O4. The monoisotopic (exact) mass is 459 g/mol. The minimum atomic E-state index is -0.360. The Labute approximate surface area is 199 Å². The molecule has 176 valence electrons. The molecular weight excluding hydrogens is 430 g/mol. The largest absolute Gasteiger partial charge is 0.493 e. The van der Waals surface area contributed by atoms with Crippen LogP contribution >= 0.6 is 0 Å². The third-order valence-electron chi connectivity index (χ3n) is 5.25. The van der Waals surface area contributed by atoms with Gasteiger partial charge < -0.3 is 14.8 Å². The lowest BCUT2D eigenvalue weighted by molar-refractivity contribution is -0.114. The molecule has 0 unspecified atom stereocenters. The van der Waals surface area contributed by atoms with Crippen LogP contribution in [0.2, 0.25) is 0 Å². The number of carbonyl (C=O) groups excluding carboxylic acids is 2. The van der Waals surface area contributed by atoms with Gasteiger partial charge in [-0.15, -0.1) is 0 Å². The van der Waals surface area contributed by atoms with Crippen LogP contribution in [0.25, 0.3) is 0 Å². The Morgan fingerprint density at radius 3 is 2.24 bits per heavy atom. The number of hydrogen-bond donors (Lipinski definition) is 2. The molecule has 0 heterocycles. The Bertz CT molecular complexity index is 1190. The molecule has 0 aliphatic heterocycles. The summed E-state index contributed by atoms with van der Waals surface area (Å²) in [6, 6.07) is 16.3. The molecule has 0 spiro atoms. The fourth-order valence-electron chi connectivity index (χ4n) is 3.61. The molecule has 2 N–H and O–H groups in total. The summed E-state index contributed by atoms with van der Waals surface area (Å²) in [5, 5.41) is 6.68. The van der Waals surface area contributed by atoms with Gasteiger partial charge in [0, 0.05) is 18.2 Å². The van der Waals surface area contributed by atoms with E-state index >= 15 is 0 Å². The summed E-state index contributed by atoms with van der Waals surface area (Å²) >= 11 is 0. The van der Waals surface area contributed by atoms with Crippen LogP contribution in [0.3, 0.4) is 0 Å². The number of nitrogens with one attached hydrogen (secondary N) is 2. The van der Waals surface area contributed by atoms with Crippen molar-refractivity contribution in [3.05, 3.63) is 88.0 Å². The van der Waals surface area contributed by atoms with Crippen LogP contribution in [-0.4, -0.2) is 25.1 Å². The highest BCUT2D eigenvalue weighted by Crippen LogP contribution is 2.29. The van der Waals surface area contributed by atoms with Crippen LogP contribution in [0.4, 0.5) is 5.69 Å². The van der Waals surface area contributed by atoms with E-state index in [1.807, 2.05) is 12.1 Å². The van der Waals surface area contributed by atoms with Gasteiger partial charge in [0.2, 0.25) is 5.91 Å². The SMILES string of the molecule is COc1cc(/C=N\NC(=O)c2ccc(NC(C)=O)cc2)ccc1OCc1c(C)cc(C)cc1C. The van der Waals surface area contributed by atoms with Gasteiger partial charge in [-0.05, 0) is 85.5 Å². The molecule has 3 aromatic carbocycles. The first-order valence-electron chi connectivity index (χ1n) is 10.9. The van der Waals surface area contributed by atoms with Crippen molar-refractivity contribution in [3.8, 4) is 11.5 Å². The van der Waals surface area contributed by atoms with E-state index in [1.165, 1.54) is 29.8 Å². The van der Waals surface area contributed by atoms with E-state index in [4.69, 9.17) is 9.47 Å². The number of hydrazone groups is 1. The molecule has 0 aliphatic carbocycles. The fourth-order valence-corrected chi connectivity index (χ4v) is 3.61. The van der Waals surface area contributed by atoms with Crippen molar-refractivity contribution in [2.24, 2.45) is 5.10 Å². The third kappa shape index (κ3) is 6.45. The molecule has 0 aliphatic rings. The first-order chi connectivity index (χ1) is 16.3. The standard InChI is InChI=1S/C27H29N3O4/c1-17-12-18(2)24(19(3)13-17)16-34-25-11-6-21(14-26(25)33-5)15-28-30-27(32)22-7-9-23(10-8-22)29-20(4)31/h6-15H,16H2,1-5H3,(H,29,31)(H,30,32)/b28-15-. The summed E-state index contributed by atoms with van der Waals surface area (Å²) in [6.45, 7) is 8.12. The maximum absolute atomic E-state index is 12.3. The number of benzene rings is 3. The molecule has 3 aromatic rings. The van der Waals surface area contributed by atoms with Crippen LogP contribution in [0.15, 0.2) is 59.7 Å². The van der Waals surface area contributed by atoms with Crippen molar-refractivity contribution in [2.45, 2.75) is 34.3 Å². The Balaban J connectivity index is 1.62. The topological polar surface area (TPSA) is 89.0 Å². The van der Waals surface area contributed by atoms with Gasteiger partial charge in [-0.1, -0.05) is 17.7 Å². The summed E-state index contributed by atoms with van der Waals surface area (Å²) in [7, 11) is 1.58. The minimum Gasteiger partial charge on any atom is -0.493 e.